The summed E-state index contributed by atoms with van der Waals surface area (Å²) >= 11 is 0. The second kappa shape index (κ2) is 5.18. The van der Waals surface area contributed by atoms with Crippen LogP contribution in [0.4, 0.5) is 0 Å². The summed E-state index contributed by atoms with van der Waals surface area (Å²) in [6.45, 7) is 1.23. The van der Waals surface area contributed by atoms with Crippen molar-refractivity contribution in [2.24, 2.45) is 5.73 Å². The van der Waals surface area contributed by atoms with Gasteiger partial charge in [-0.15, -0.1) is 0 Å². The van der Waals surface area contributed by atoms with Crippen molar-refractivity contribution in [2.75, 3.05) is 13.7 Å². The Hall–Kier alpha value is -1.88. The van der Waals surface area contributed by atoms with E-state index in [0.29, 0.717) is 25.1 Å². The largest absolute Gasteiger partial charge is 0.465 e. The van der Waals surface area contributed by atoms with Crippen LogP contribution in [0.2, 0.25) is 0 Å². The predicted octanol–water partition coefficient (Wildman–Crippen LogP) is 0.533. The Balaban J connectivity index is 2.03. The number of carbonyl (C=O) groups is 2. The van der Waals surface area contributed by atoms with Gasteiger partial charge in [-0.25, -0.2) is 4.79 Å². The van der Waals surface area contributed by atoms with Gasteiger partial charge in [-0.1, -0.05) is 12.1 Å². The first-order valence-electron chi connectivity index (χ1n) is 5.83. The number of methoxy groups -OCH3 is 1. The van der Waals surface area contributed by atoms with Crippen molar-refractivity contribution in [3.05, 3.63) is 35.4 Å². The predicted molar refractivity (Wildman–Crippen MR) is 65.8 cm³/mol. The fourth-order valence-corrected chi connectivity index (χ4v) is 2.00. The van der Waals surface area contributed by atoms with Gasteiger partial charge in [-0.05, 0) is 24.1 Å². The van der Waals surface area contributed by atoms with E-state index in [9.17, 15) is 9.59 Å². The molecule has 1 aliphatic rings. The molecule has 1 aromatic rings. The summed E-state index contributed by atoms with van der Waals surface area (Å²) in [6, 6.07) is 6.68. The zero-order valence-electron chi connectivity index (χ0n) is 10.3. The van der Waals surface area contributed by atoms with Gasteiger partial charge in [0.25, 0.3) is 0 Å². The van der Waals surface area contributed by atoms with Crippen LogP contribution in [0.25, 0.3) is 0 Å². The van der Waals surface area contributed by atoms with Crippen LogP contribution in [0.5, 0.6) is 0 Å². The van der Waals surface area contributed by atoms with E-state index in [-0.39, 0.29) is 17.9 Å². The van der Waals surface area contributed by atoms with Crippen LogP contribution in [0, 0.1) is 0 Å². The Morgan fingerprint density at radius 1 is 1.44 bits per heavy atom. The van der Waals surface area contributed by atoms with Gasteiger partial charge in [0.2, 0.25) is 5.91 Å². The monoisotopic (exact) mass is 248 g/mol. The van der Waals surface area contributed by atoms with Gasteiger partial charge in [0.05, 0.1) is 18.7 Å². The number of hydrogen-bond acceptors (Lipinski definition) is 4. The smallest absolute Gasteiger partial charge is 0.337 e. The lowest BCUT2D eigenvalue weighted by atomic mass is 10.1. The van der Waals surface area contributed by atoms with E-state index in [1.807, 2.05) is 12.1 Å². The lowest BCUT2D eigenvalue weighted by Gasteiger charge is -2.16. The molecule has 0 saturated carbocycles. The maximum Gasteiger partial charge on any atom is 0.337 e. The average molecular weight is 248 g/mol. The maximum absolute atomic E-state index is 11.7. The summed E-state index contributed by atoms with van der Waals surface area (Å²) in [6.07, 6.45) is 0.707. The zero-order chi connectivity index (χ0) is 13.1. The number of hydrogen-bond donors (Lipinski definition) is 1. The molecule has 1 aromatic carbocycles. The van der Waals surface area contributed by atoms with Crippen LogP contribution in [0.1, 0.15) is 22.3 Å². The molecule has 96 valence electrons. The molecule has 1 atom stereocenters. The number of ether oxygens (including phenoxy) is 1. The van der Waals surface area contributed by atoms with Gasteiger partial charge in [-0.2, -0.15) is 0 Å². The Morgan fingerprint density at radius 3 is 2.61 bits per heavy atom. The summed E-state index contributed by atoms with van der Waals surface area (Å²) in [5.74, 6) is -0.368. The highest BCUT2D eigenvalue weighted by molar-refractivity contribution is 5.89. The third-order valence-corrected chi connectivity index (χ3v) is 3.09. The van der Waals surface area contributed by atoms with Gasteiger partial charge < -0.3 is 15.4 Å². The SMILES string of the molecule is COC(=O)c1ccc(CN2CC[C@@H](N)C2=O)cc1. The molecule has 2 rings (SSSR count). The molecule has 18 heavy (non-hydrogen) atoms. The Kier molecular flexibility index (Phi) is 3.62. The average Bonchev–Trinajstić information content (AvgIpc) is 2.71. The maximum atomic E-state index is 11.7. The van der Waals surface area contributed by atoms with Crippen LogP contribution in [-0.4, -0.2) is 36.5 Å². The lowest BCUT2D eigenvalue weighted by molar-refractivity contribution is -0.129. The van der Waals surface area contributed by atoms with Gasteiger partial charge >= 0.3 is 5.97 Å². The number of carbonyl (C=O) groups excluding carboxylic acids is 2. The fraction of sp³-hybridized carbons (Fsp3) is 0.385. The van der Waals surface area contributed by atoms with E-state index >= 15 is 0 Å². The van der Waals surface area contributed by atoms with Gasteiger partial charge in [0, 0.05) is 13.1 Å². The first-order valence-corrected chi connectivity index (χ1v) is 5.83. The van der Waals surface area contributed by atoms with E-state index in [2.05, 4.69) is 4.74 Å². The summed E-state index contributed by atoms with van der Waals surface area (Å²) in [5.41, 5.74) is 7.13. The quantitative estimate of drug-likeness (QED) is 0.792. The highest BCUT2D eigenvalue weighted by Crippen LogP contribution is 2.14. The van der Waals surface area contributed by atoms with Crippen LogP contribution in [-0.2, 0) is 16.1 Å². The van der Waals surface area contributed by atoms with Crippen LogP contribution in [0.3, 0.4) is 0 Å². The number of nitrogens with two attached hydrogens (primary N) is 1. The summed E-state index contributed by atoms with van der Waals surface area (Å²) in [5, 5.41) is 0. The molecule has 1 amide bonds. The lowest BCUT2D eigenvalue weighted by Crippen LogP contribution is -2.33. The second-order valence-electron chi connectivity index (χ2n) is 4.34. The molecule has 0 radical (unpaired) electrons. The van der Waals surface area contributed by atoms with Crippen molar-refractivity contribution in [1.82, 2.24) is 4.90 Å². The highest BCUT2D eigenvalue weighted by Gasteiger charge is 2.28. The number of benzene rings is 1. The van der Waals surface area contributed by atoms with E-state index in [1.54, 1.807) is 17.0 Å². The number of likely N-dealkylation sites (tertiary alicyclic amines) is 1. The number of nitrogens with zero attached hydrogens (tertiary/aromatic N) is 1. The zero-order valence-corrected chi connectivity index (χ0v) is 10.3. The van der Waals surface area contributed by atoms with Gasteiger partial charge in [0.15, 0.2) is 0 Å². The molecular formula is C13H16N2O3. The molecule has 1 aliphatic heterocycles. The molecule has 5 nitrogen and oxygen atoms in total. The van der Waals surface area contributed by atoms with Crippen molar-refractivity contribution in [2.45, 2.75) is 19.0 Å². The summed E-state index contributed by atoms with van der Waals surface area (Å²) in [7, 11) is 1.35. The Bertz CT molecular complexity index is 456. The molecule has 2 N–H and O–H groups in total. The minimum absolute atomic E-state index is 0.00737. The second-order valence-corrected chi connectivity index (χ2v) is 4.34. The summed E-state index contributed by atoms with van der Waals surface area (Å²) in [4.78, 5) is 24.7. The third-order valence-electron chi connectivity index (χ3n) is 3.09. The van der Waals surface area contributed by atoms with Gasteiger partial charge in [-0.3, -0.25) is 4.79 Å². The van der Waals surface area contributed by atoms with E-state index in [0.717, 1.165) is 5.56 Å². The molecule has 5 heteroatoms. The van der Waals surface area contributed by atoms with E-state index < -0.39 is 0 Å². The molecule has 1 fully saturated rings. The van der Waals surface area contributed by atoms with E-state index in [1.165, 1.54) is 7.11 Å². The normalized spacial score (nSPS) is 19.1. The van der Waals surface area contributed by atoms with Crippen molar-refractivity contribution in [3.63, 3.8) is 0 Å². The standard InChI is InChI=1S/C13H16N2O3/c1-18-13(17)10-4-2-9(3-5-10)8-15-7-6-11(14)12(15)16/h2-5,11H,6-8,14H2,1H3/t11-/m1/s1. The van der Waals surface area contributed by atoms with Crippen molar-refractivity contribution >= 4 is 11.9 Å². The molecular weight excluding hydrogens is 232 g/mol. The molecule has 1 saturated heterocycles. The topological polar surface area (TPSA) is 72.6 Å². The van der Waals surface area contributed by atoms with E-state index in [4.69, 9.17) is 5.73 Å². The molecule has 1 heterocycles. The van der Waals surface area contributed by atoms with Crippen LogP contribution in [0.15, 0.2) is 24.3 Å². The number of amides is 1. The molecule has 0 bridgehead atoms. The van der Waals surface area contributed by atoms with Crippen LogP contribution >= 0.6 is 0 Å². The molecule has 0 aliphatic carbocycles. The first-order chi connectivity index (χ1) is 8.61. The van der Waals surface area contributed by atoms with Gasteiger partial charge in [0.1, 0.15) is 0 Å². The number of esters is 1. The molecule has 0 unspecified atom stereocenters. The minimum atomic E-state index is -0.362. The molecule has 0 spiro atoms. The number of rotatable bonds is 3. The summed E-state index contributed by atoms with van der Waals surface area (Å²) < 4.78 is 4.62. The fourth-order valence-electron chi connectivity index (χ4n) is 2.00. The Labute approximate surface area is 106 Å². The Morgan fingerprint density at radius 2 is 2.11 bits per heavy atom. The van der Waals surface area contributed by atoms with Crippen molar-refractivity contribution < 1.29 is 14.3 Å². The van der Waals surface area contributed by atoms with Crippen molar-refractivity contribution in [3.8, 4) is 0 Å². The highest BCUT2D eigenvalue weighted by atomic mass is 16.5. The van der Waals surface area contributed by atoms with Crippen molar-refractivity contribution in [1.29, 1.82) is 0 Å². The third kappa shape index (κ3) is 2.51. The minimum Gasteiger partial charge on any atom is -0.465 e. The molecule has 0 aromatic heterocycles. The van der Waals surface area contributed by atoms with Crippen LogP contribution < -0.4 is 5.73 Å². The first kappa shape index (κ1) is 12.6.